The molecule has 0 N–H and O–H groups in total. The van der Waals surface area contributed by atoms with Crippen LogP contribution in [0.5, 0.6) is 0 Å². The summed E-state index contributed by atoms with van der Waals surface area (Å²) >= 11 is 0. The summed E-state index contributed by atoms with van der Waals surface area (Å²) in [6.07, 6.45) is -6.14. The predicted octanol–water partition coefficient (Wildman–Crippen LogP) is 6.07. The zero-order valence-corrected chi connectivity index (χ0v) is 28.8. The lowest BCUT2D eigenvalue weighted by Gasteiger charge is -2.45. The maximum absolute atomic E-state index is 13.6. The van der Waals surface area contributed by atoms with Gasteiger partial charge in [-0.2, -0.15) is 0 Å². The Kier molecular flexibility index (Phi) is 12.5. The summed E-state index contributed by atoms with van der Waals surface area (Å²) in [5.41, 5.74) is 0.796. The van der Waals surface area contributed by atoms with E-state index in [1.807, 2.05) is 0 Å². The monoisotopic (exact) mass is 664 g/mol. The third kappa shape index (κ3) is 9.58. The Labute approximate surface area is 277 Å². The number of methoxy groups -OCH3 is 1. The molecule has 47 heavy (non-hydrogen) atoms. The fourth-order valence-electron chi connectivity index (χ4n) is 4.60. The molecule has 0 spiro atoms. The topological polar surface area (TPSA) is 116 Å². The first kappa shape index (κ1) is 36.0. The van der Waals surface area contributed by atoms with Gasteiger partial charge in [0.1, 0.15) is 6.10 Å². The number of carbonyl (C=O) groups excluding carboxylic acids is 3. The smallest absolute Gasteiger partial charge is 0.338 e. The number of ether oxygens (including phenoxy) is 6. The highest BCUT2D eigenvalue weighted by molar-refractivity contribution is 6.74. The number of benzene rings is 3. The first-order valence-electron chi connectivity index (χ1n) is 15.6. The maximum Gasteiger partial charge on any atom is 0.338 e. The third-order valence-corrected chi connectivity index (χ3v) is 12.8. The van der Waals surface area contributed by atoms with Crippen LogP contribution in [0, 0.1) is 0 Å². The molecule has 0 radical (unpaired) electrons. The molecule has 0 bridgehead atoms. The van der Waals surface area contributed by atoms with Crippen molar-refractivity contribution in [2.45, 2.75) is 69.6 Å². The fraction of sp³-hybridized carbons (Fsp3) is 0.417. The standard InChI is InChI=1S/C36H44O10Si/c1-36(2,3)47(5,6)42-24-28-29(44-32(37)25-16-10-7-11-17-25)30(45-33(38)26-18-12-8-13-19-26)31(35(43-28)41-23-22-40-4)46-34(39)27-20-14-9-15-21-27/h7-21,28-31,35H,22-24H2,1-6H3. The zero-order valence-electron chi connectivity index (χ0n) is 27.8. The highest BCUT2D eigenvalue weighted by Gasteiger charge is 2.54. The Hall–Kier alpha value is -3.87. The summed E-state index contributed by atoms with van der Waals surface area (Å²) in [5, 5.41) is -0.140. The molecule has 252 valence electrons. The van der Waals surface area contributed by atoms with Gasteiger partial charge in [0, 0.05) is 7.11 Å². The Morgan fingerprint density at radius 2 is 1.09 bits per heavy atom. The molecule has 0 aliphatic carbocycles. The van der Waals surface area contributed by atoms with Crippen LogP contribution in [0.15, 0.2) is 91.0 Å². The lowest BCUT2D eigenvalue weighted by Crippen LogP contribution is -2.63. The summed E-state index contributed by atoms with van der Waals surface area (Å²) < 4.78 is 42.4. The Morgan fingerprint density at radius 1 is 0.660 bits per heavy atom. The van der Waals surface area contributed by atoms with Gasteiger partial charge in [0.05, 0.1) is 36.5 Å². The minimum Gasteiger partial charge on any atom is -0.452 e. The van der Waals surface area contributed by atoms with Crippen molar-refractivity contribution in [3.63, 3.8) is 0 Å². The number of rotatable bonds is 13. The van der Waals surface area contributed by atoms with Gasteiger partial charge in [-0.05, 0) is 54.5 Å². The van der Waals surface area contributed by atoms with E-state index < -0.39 is 56.9 Å². The van der Waals surface area contributed by atoms with Crippen LogP contribution in [-0.2, 0) is 32.8 Å². The van der Waals surface area contributed by atoms with E-state index in [0.29, 0.717) is 0 Å². The molecule has 0 saturated carbocycles. The molecule has 5 unspecified atom stereocenters. The van der Waals surface area contributed by atoms with E-state index >= 15 is 0 Å². The number of hydrogen-bond donors (Lipinski definition) is 0. The van der Waals surface area contributed by atoms with E-state index in [0.717, 1.165) is 0 Å². The van der Waals surface area contributed by atoms with Crippen LogP contribution in [0.3, 0.4) is 0 Å². The number of esters is 3. The second kappa shape index (κ2) is 16.3. The van der Waals surface area contributed by atoms with E-state index in [2.05, 4.69) is 33.9 Å². The normalized spacial score (nSPS) is 21.4. The first-order chi connectivity index (χ1) is 22.4. The Bertz CT molecular complexity index is 1440. The molecule has 11 heteroatoms. The van der Waals surface area contributed by atoms with Gasteiger partial charge < -0.3 is 32.8 Å². The molecule has 3 aromatic rings. The largest absolute Gasteiger partial charge is 0.452 e. The summed E-state index contributed by atoms with van der Waals surface area (Å²) in [4.78, 5) is 40.6. The quantitative estimate of drug-likeness (QED) is 0.0923. The van der Waals surface area contributed by atoms with Crippen LogP contribution >= 0.6 is 0 Å². The van der Waals surface area contributed by atoms with Gasteiger partial charge in [-0.25, -0.2) is 14.4 Å². The molecule has 5 atom stereocenters. The van der Waals surface area contributed by atoms with Crippen LogP contribution in [0.1, 0.15) is 51.8 Å². The van der Waals surface area contributed by atoms with Crippen molar-refractivity contribution in [1.29, 1.82) is 0 Å². The van der Waals surface area contributed by atoms with Gasteiger partial charge in [-0.1, -0.05) is 75.4 Å². The number of carbonyl (C=O) groups is 3. The van der Waals surface area contributed by atoms with Crippen molar-refractivity contribution in [3.8, 4) is 0 Å². The predicted molar refractivity (Wildman–Crippen MR) is 177 cm³/mol. The van der Waals surface area contributed by atoms with Gasteiger partial charge >= 0.3 is 17.9 Å². The Morgan fingerprint density at radius 3 is 1.51 bits per heavy atom. The van der Waals surface area contributed by atoms with E-state index in [9.17, 15) is 14.4 Å². The summed E-state index contributed by atoms with van der Waals surface area (Å²) in [5.74, 6) is -2.09. The van der Waals surface area contributed by atoms with Crippen LogP contribution < -0.4 is 0 Å². The molecule has 1 heterocycles. The van der Waals surface area contributed by atoms with Gasteiger partial charge in [-0.15, -0.1) is 0 Å². The van der Waals surface area contributed by atoms with Gasteiger partial charge in [0.15, 0.2) is 32.9 Å². The maximum atomic E-state index is 13.6. The summed E-state index contributed by atoms with van der Waals surface area (Å²) in [6.45, 7) is 10.8. The van der Waals surface area contributed by atoms with Crippen molar-refractivity contribution < 1.29 is 47.2 Å². The van der Waals surface area contributed by atoms with Crippen LogP contribution in [-0.4, -0.2) is 83.9 Å². The zero-order chi connectivity index (χ0) is 34.0. The summed E-state index contributed by atoms with van der Waals surface area (Å²) in [6, 6.07) is 25.2. The first-order valence-corrected chi connectivity index (χ1v) is 18.5. The lowest BCUT2D eigenvalue weighted by atomic mass is 9.97. The van der Waals surface area contributed by atoms with Crippen molar-refractivity contribution in [1.82, 2.24) is 0 Å². The minimum absolute atomic E-state index is 0.00783. The highest BCUT2D eigenvalue weighted by Crippen LogP contribution is 2.38. The second-order valence-electron chi connectivity index (χ2n) is 12.7. The molecule has 4 rings (SSSR count). The molecular formula is C36H44O10Si. The SMILES string of the molecule is COCCOC1OC(CO[Si](C)(C)C(C)(C)C)C(OC(=O)c2ccccc2)C(OC(=O)c2ccccc2)C1OC(=O)c1ccccc1. The molecule has 3 aromatic carbocycles. The van der Waals surface area contributed by atoms with Crippen molar-refractivity contribution >= 4 is 26.2 Å². The summed E-state index contributed by atoms with van der Waals surface area (Å²) in [7, 11) is -0.819. The highest BCUT2D eigenvalue weighted by atomic mass is 28.4. The van der Waals surface area contributed by atoms with E-state index in [1.54, 1.807) is 91.0 Å². The second-order valence-corrected chi connectivity index (χ2v) is 17.5. The van der Waals surface area contributed by atoms with Gasteiger partial charge in [0.2, 0.25) is 0 Å². The van der Waals surface area contributed by atoms with Crippen molar-refractivity contribution in [3.05, 3.63) is 108 Å². The molecule has 0 aromatic heterocycles. The average molecular weight is 665 g/mol. The molecular weight excluding hydrogens is 620 g/mol. The molecule has 1 fully saturated rings. The van der Waals surface area contributed by atoms with E-state index in [1.165, 1.54) is 7.11 Å². The minimum atomic E-state index is -2.34. The third-order valence-electron chi connectivity index (χ3n) is 8.33. The average Bonchev–Trinajstić information content (AvgIpc) is 3.06. The van der Waals surface area contributed by atoms with E-state index in [4.69, 9.17) is 32.8 Å². The molecule has 0 amide bonds. The van der Waals surface area contributed by atoms with Crippen molar-refractivity contribution in [2.24, 2.45) is 0 Å². The van der Waals surface area contributed by atoms with Gasteiger partial charge in [0.25, 0.3) is 0 Å². The van der Waals surface area contributed by atoms with Crippen LogP contribution in [0.2, 0.25) is 18.1 Å². The lowest BCUT2D eigenvalue weighted by molar-refractivity contribution is -0.299. The molecule has 1 saturated heterocycles. The van der Waals surface area contributed by atoms with E-state index in [-0.39, 0.29) is 41.5 Å². The van der Waals surface area contributed by atoms with Crippen molar-refractivity contribution in [2.75, 3.05) is 26.9 Å². The molecule has 1 aliphatic rings. The Balaban J connectivity index is 1.78. The fourth-order valence-corrected chi connectivity index (χ4v) is 5.61. The van der Waals surface area contributed by atoms with Crippen LogP contribution in [0.4, 0.5) is 0 Å². The van der Waals surface area contributed by atoms with Crippen LogP contribution in [0.25, 0.3) is 0 Å². The number of hydrogen-bond acceptors (Lipinski definition) is 10. The molecule has 1 aliphatic heterocycles. The molecule has 10 nitrogen and oxygen atoms in total. The van der Waals surface area contributed by atoms with Gasteiger partial charge in [-0.3, -0.25) is 0 Å².